The summed E-state index contributed by atoms with van der Waals surface area (Å²) >= 11 is 0. The molecule has 0 bridgehead atoms. The van der Waals surface area contributed by atoms with E-state index in [1.54, 1.807) is 0 Å². The maximum absolute atomic E-state index is 11.0. The topological polar surface area (TPSA) is 35.5 Å². The number of rotatable bonds is 14. The van der Waals surface area contributed by atoms with E-state index in [-0.39, 0.29) is 5.97 Å². The van der Waals surface area contributed by atoms with Gasteiger partial charge in [-0.2, -0.15) is 0 Å². The van der Waals surface area contributed by atoms with Crippen LogP contribution in [0.2, 0.25) is 0 Å². The smallest absolute Gasteiger partial charge is 0.305 e. The van der Waals surface area contributed by atoms with Crippen LogP contribution < -0.4 is 0 Å². The number of hydrogen-bond donors (Lipinski definition) is 0. The van der Waals surface area contributed by atoms with E-state index in [1.807, 2.05) is 6.92 Å². The standard InChI is InChI=1S/C16H32O3/c1-3-5-6-7-8-9-10-11-13-18-14-15-19-16(17)12-4-2/h3-15H2,1-2H3. The molecule has 0 aromatic heterocycles. The van der Waals surface area contributed by atoms with E-state index in [2.05, 4.69) is 6.92 Å². The molecule has 0 spiro atoms. The van der Waals surface area contributed by atoms with Crippen molar-refractivity contribution in [1.29, 1.82) is 0 Å². The zero-order valence-electron chi connectivity index (χ0n) is 12.9. The number of carbonyl (C=O) groups is 1. The van der Waals surface area contributed by atoms with E-state index in [1.165, 1.54) is 44.9 Å². The van der Waals surface area contributed by atoms with Gasteiger partial charge in [0.15, 0.2) is 0 Å². The highest BCUT2D eigenvalue weighted by atomic mass is 16.6. The molecule has 19 heavy (non-hydrogen) atoms. The van der Waals surface area contributed by atoms with Crippen LogP contribution in [0.4, 0.5) is 0 Å². The van der Waals surface area contributed by atoms with Crippen molar-refractivity contribution in [3.05, 3.63) is 0 Å². The van der Waals surface area contributed by atoms with Crippen molar-refractivity contribution in [2.24, 2.45) is 0 Å². The van der Waals surface area contributed by atoms with Gasteiger partial charge >= 0.3 is 5.97 Å². The molecule has 0 saturated carbocycles. The molecule has 0 amide bonds. The minimum absolute atomic E-state index is 0.113. The van der Waals surface area contributed by atoms with Crippen molar-refractivity contribution in [2.75, 3.05) is 19.8 Å². The van der Waals surface area contributed by atoms with Gasteiger partial charge in [-0.3, -0.25) is 4.79 Å². The zero-order valence-corrected chi connectivity index (χ0v) is 12.9. The maximum atomic E-state index is 11.0. The highest BCUT2D eigenvalue weighted by Gasteiger charge is 1.99. The maximum Gasteiger partial charge on any atom is 0.305 e. The Bertz CT molecular complexity index is 192. The van der Waals surface area contributed by atoms with E-state index in [4.69, 9.17) is 9.47 Å². The monoisotopic (exact) mass is 272 g/mol. The molecule has 0 aliphatic carbocycles. The zero-order chi connectivity index (χ0) is 14.2. The first-order valence-electron chi connectivity index (χ1n) is 8.04. The van der Waals surface area contributed by atoms with Gasteiger partial charge in [0, 0.05) is 13.0 Å². The summed E-state index contributed by atoms with van der Waals surface area (Å²) in [6.07, 6.45) is 11.9. The van der Waals surface area contributed by atoms with Crippen LogP contribution in [0.25, 0.3) is 0 Å². The first-order valence-corrected chi connectivity index (χ1v) is 8.04. The van der Waals surface area contributed by atoms with Gasteiger partial charge < -0.3 is 9.47 Å². The summed E-state index contributed by atoms with van der Waals surface area (Å²) in [5, 5.41) is 0. The Hall–Kier alpha value is -0.570. The van der Waals surface area contributed by atoms with Crippen LogP contribution in [-0.2, 0) is 14.3 Å². The summed E-state index contributed by atoms with van der Waals surface area (Å²) < 4.78 is 10.4. The predicted molar refractivity (Wildman–Crippen MR) is 79.3 cm³/mol. The molecule has 0 rings (SSSR count). The van der Waals surface area contributed by atoms with E-state index in [0.29, 0.717) is 19.6 Å². The lowest BCUT2D eigenvalue weighted by Crippen LogP contribution is -2.10. The Morgan fingerprint density at radius 1 is 0.737 bits per heavy atom. The molecule has 0 saturated heterocycles. The second-order valence-corrected chi connectivity index (χ2v) is 5.06. The summed E-state index contributed by atoms with van der Waals surface area (Å²) in [4.78, 5) is 11.0. The normalized spacial score (nSPS) is 10.6. The lowest BCUT2D eigenvalue weighted by atomic mass is 10.1. The predicted octanol–water partition coefficient (Wildman–Crippen LogP) is 4.49. The van der Waals surface area contributed by atoms with Crippen LogP contribution in [0.5, 0.6) is 0 Å². The minimum atomic E-state index is -0.113. The van der Waals surface area contributed by atoms with Crippen LogP contribution >= 0.6 is 0 Å². The Morgan fingerprint density at radius 3 is 2.00 bits per heavy atom. The number of unbranched alkanes of at least 4 members (excludes halogenated alkanes) is 7. The van der Waals surface area contributed by atoms with Crippen molar-refractivity contribution in [2.45, 2.75) is 78.1 Å². The fourth-order valence-electron chi connectivity index (χ4n) is 1.93. The molecule has 3 nitrogen and oxygen atoms in total. The van der Waals surface area contributed by atoms with E-state index in [0.717, 1.165) is 19.4 Å². The number of esters is 1. The second kappa shape index (κ2) is 15.5. The van der Waals surface area contributed by atoms with Gasteiger partial charge in [0.1, 0.15) is 6.61 Å². The number of ether oxygens (including phenoxy) is 2. The van der Waals surface area contributed by atoms with Gasteiger partial charge in [-0.25, -0.2) is 0 Å². The molecule has 3 heteroatoms. The quantitative estimate of drug-likeness (QED) is 0.345. The van der Waals surface area contributed by atoms with Crippen molar-refractivity contribution < 1.29 is 14.3 Å². The van der Waals surface area contributed by atoms with E-state index in [9.17, 15) is 4.79 Å². The van der Waals surface area contributed by atoms with E-state index < -0.39 is 0 Å². The molecule has 114 valence electrons. The van der Waals surface area contributed by atoms with Crippen molar-refractivity contribution in [3.8, 4) is 0 Å². The fourth-order valence-corrected chi connectivity index (χ4v) is 1.93. The highest BCUT2D eigenvalue weighted by Crippen LogP contribution is 2.08. The molecule has 0 radical (unpaired) electrons. The number of carbonyl (C=O) groups excluding carboxylic acids is 1. The van der Waals surface area contributed by atoms with Crippen molar-refractivity contribution in [3.63, 3.8) is 0 Å². The largest absolute Gasteiger partial charge is 0.463 e. The van der Waals surface area contributed by atoms with Crippen LogP contribution in [0, 0.1) is 0 Å². The molecule has 0 aliphatic rings. The van der Waals surface area contributed by atoms with Gasteiger partial charge in [0.2, 0.25) is 0 Å². The molecular weight excluding hydrogens is 240 g/mol. The third-order valence-electron chi connectivity index (χ3n) is 3.09. The summed E-state index contributed by atoms with van der Waals surface area (Å²) in [5.41, 5.74) is 0. The van der Waals surface area contributed by atoms with Crippen molar-refractivity contribution >= 4 is 5.97 Å². The van der Waals surface area contributed by atoms with Crippen LogP contribution in [0.3, 0.4) is 0 Å². The molecular formula is C16H32O3. The third kappa shape index (κ3) is 15.4. The number of hydrogen-bond acceptors (Lipinski definition) is 3. The first-order chi connectivity index (χ1) is 9.31. The molecule has 0 fully saturated rings. The van der Waals surface area contributed by atoms with Gasteiger partial charge in [0.25, 0.3) is 0 Å². The van der Waals surface area contributed by atoms with Gasteiger partial charge in [0.05, 0.1) is 6.61 Å². The van der Waals surface area contributed by atoms with Gasteiger partial charge in [-0.15, -0.1) is 0 Å². The van der Waals surface area contributed by atoms with Gasteiger partial charge in [-0.05, 0) is 12.8 Å². The second-order valence-electron chi connectivity index (χ2n) is 5.06. The summed E-state index contributed by atoms with van der Waals surface area (Å²) in [5.74, 6) is -0.113. The van der Waals surface area contributed by atoms with Crippen molar-refractivity contribution in [1.82, 2.24) is 0 Å². The molecule has 0 aromatic carbocycles. The van der Waals surface area contributed by atoms with E-state index >= 15 is 0 Å². The van der Waals surface area contributed by atoms with Gasteiger partial charge in [-0.1, -0.05) is 58.8 Å². The SMILES string of the molecule is CCCCCCCCCCOCCOC(=O)CCC. The third-order valence-corrected chi connectivity index (χ3v) is 3.09. The average molecular weight is 272 g/mol. The molecule has 0 N–H and O–H groups in total. The highest BCUT2D eigenvalue weighted by molar-refractivity contribution is 5.69. The lowest BCUT2D eigenvalue weighted by molar-refractivity contribution is -0.145. The molecule has 0 atom stereocenters. The average Bonchev–Trinajstić information content (AvgIpc) is 2.40. The van der Waals surface area contributed by atoms with Crippen LogP contribution in [0.15, 0.2) is 0 Å². The lowest BCUT2D eigenvalue weighted by Gasteiger charge is -2.05. The summed E-state index contributed by atoms with van der Waals surface area (Å²) in [6, 6.07) is 0. The summed E-state index contributed by atoms with van der Waals surface area (Å²) in [6.45, 7) is 5.94. The Kier molecular flexibility index (Phi) is 15.0. The van der Waals surface area contributed by atoms with Crippen LogP contribution in [-0.4, -0.2) is 25.8 Å². The molecule has 0 unspecified atom stereocenters. The molecule has 0 heterocycles. The van der Waals surface area contributed by atoms with Crippen LogP contribution in [0.1, 0.15) is 78.1 Å². The first kappa shape index (κ1) is 18.4. The Labute approximate surface area is 119 Å². The minimum Gasteiger partial charge on any atom is -0.463 e. The fraction of sp³-hybridized carbons (Fsp3) is 0.938. The Balaban J connectivity index is 3.01. The molecule has 0 aliphatic heterocycles. The summed E-state index contributed by atoms with van der Waals surface area (Å²) in [7, 11) is 0. The Morgan fingerprint density at radius 2 is 1.37 bits per heavy atom. The molecule has 0 aromatic rings.